The van der Waals surface area contributed by atoms with Gasteiger partial charge in [-0.1, -0.05) is 204 Å². The molecule has 3 N–H and O–H groups in total. The Labute approximate surface area is 462 Å². The number of nitrogens with zero attached hydrogens (tertiary/aromatic N) is 1. The Kier molecular flexibility index (Phi) is 26.5. The lowest BCUT2D eigenvalue weighted by atomic mass is 9.97. The molecule has 0 radical (unpaired) electrons. The SMILES string of the molecule is CC[C@@H](O)[C@@H](OCc1ccccc1)[C@H](CO[C@H]1OC(COCc2ccccc2)[C@H](OCc2ccccc2)C(OCc2ccccc2)C1OCc1ccccc1)NC(=O)CCCCCCCCCCCNC(=O)c1ccncc1. The van der Waals surface area contributed by atoms with Crippen molar-refractivity contribution in [2.75, 3.05) is 19.8 Å². The number of aliphatic hydroxyl groups is 1. The summed E-state index contributed by atoms with van der Waals surface area (Å²) in [4.78, 5) is 30.3. The minimum atomic E-state index is -1.04. The smallest absolute Gasteiger partial charge is 0.251 e. The largest absolute Gasteiger partial charge is 0.390 e. The molecule has 8 atom stereocenters. The molecule has 0 spiro atoms. The van der Waals surface area contributed by atoms with Crippen LogP contribution in [-0.4, -0.2) is 90.6 Å². The van der Waals surface area contributed by atoms with Gasteiger partial charge in [0.15, 0.2) is 6.29 Å². The number of amides is 2. The molecule has 6 aromatic rings. The molecule has 3 unspecified atom stereocenters. The van der Waals surface area contributed by atoms with Crippen molar-refractivity contribution in [1.82, 2.24) is 15.6 Å². The van der Waals surface area contributed by atoms with Gasteiger partial charge in [0, 0.05) is 30.9 Å². The number of rotatable bonds is 36. The number of ether oxygens (including phenoxy) is 7. The molecule has 0 aliphatic carbocycles. The van der Waals surface area contributed by atoms with Gasteiger partial charge in [0.1, 0.15) is 30.5 Å². The van der Waals surface area contributed by atoms with Gasteiger partial charge in [-0.25, -0.2) is 0 Å². The second-order valence-electron chi connectivity index (χ2n) is 20.0. The molecule has 1 fully saturated rings. The third kappa shape index (κ3) is 20.9. The molecule has 13 heteroatoms. The lowest BCUT2D eigenvalue weighted by molar-refractivity contribution is -0.330. The van der Waals surface area contributed by atoms with Crippen molar-refractivity contribution in [3.8, 4) is 0 Å². The van der Waals surface area contributed by atoms with Gasteiger partial charge in [0.05, 0.1) is 58.4 Å². The van der Waals surface area contributed by atoms with E-state index in [4.69, 9.17) is 33.2 Å². The maximum atomic E-state index is 14.1. The van der Waals surface area contributed by atoms with Gasteiger partial charge in [-0.3, -0.25) is 14.6 Å². The van der Waals surface area contributed by atoms with Crippen molar-refractivity contribution in [3.05, 3.63) is 210 Å². The summed E-state index contributed by atoms with van der Waals surface area (Å²) in [5, 5.41) is 17.9. The normalized spacial score (nSPS) is 18.4. The first-order chi connectivity index (χ1) is 38.4. The summed E-state index contributed by atoms with van der Waals surface area (Å²) in [6, 6.07) is 52.4. The number of aromatic nitrogens is 1. The molecule has 1 saturated heterocycles. The Morgan fingerprint density at radius 1 is 0.551 bits per heavy atom. The van der Waals surface area contributed by atoms with E-state index < -0.39 is 49.0 Å². The van der Waals surface area contributed by atoms with Crippen LogP contribution >= 0.6 is 0 Å². The Hall–Kier alpha value is -6.13. The van der Waals surface area contributed by atoms with E-state index in [1.165, 1.54) is 0 Å². The lowest BCUT2D eigenvalue weighted by Crippen LogP contribution is -2.62. The minimum absolute atomic E-state index is 0.0645. The van der Waals surface area contributed by atoms with E-state index in [-0.39, 0.29) is 51.5 Å². The van der Waals surface area contributed by atoms with Crippen LogP contribution in [0, 0.1) is 0 Å². The average molecular weight is 1060 g/mol. The quantitative estimate of drug-likeness (QED) is 0.0322. The van der Waals surface area contributed by atoms with Crippen LogP contribution in [0.3, 0.4) is 0 Å². The van der Waals surface area contributed by atoms with Gasteiger partial charge in [-0.15, -0.1) is 0 Å². The van der Waals surface area contributed by atoms with E-state index in [1.807, 2.05) is 159 Å². The topological polar surface area (TPSA) is 156 Å². The van der Waals surface area contributed by atoms with Crippen molar-refractivity contribution in [2.24, 2.45) is 0 Å². The Bertz CT molecular complexity index is 2520. The summed E-state index contributed by atoms with van der Waals surface area (Å²) in [7, 11) is 0. The van der Waals surface area contributed by atoms with Gasteiger partial charge in [-0.2, -0.15) is 0 Å². The monoisotopic (exact) mass is 1060 g/mol. The number of hydrogen-bond donors (Lipinski definition) is 3. The first kappa shape index (κ1) is 59.5. The highest BCUT2D eigenvalue weighted by Crippen LogP contribution is 2.32. The Balaban J connectivity index is 1.05. The predicted molar refractivity (Wildman–Crippen MR) is 302 cm³/mol. The van der Waals surface area contributed by atoms with Crippen LogP contribution in [0.2, 0.25) is 0 Å². The third-order valence-corrected chi connectivity index (χ3v) is 13.9. The minimum Gasteiger partial charge on any atom is -0.390 e. The zero-order chi connectivity index (χ0) is 54.2. The number of carbonyl (C=O) groups excluding carboxylic acids is 2. The maximum Gasteiger partial charge on any atom is 0.251 e. The molecule has 1 aliphatic heterocycles. The lowest BCUT2D eigenvalue weighted by Gasteiger charge is -2.46. The molecule has 7 rings (SSSR count). The van der Waals surface area contributed by atoms with Gasteiger partial charge < -0.3 is 48.9 Å². The first-order valence-corrected chi connectivity index (χ1v) is 28.1. The van der Waals surface area contributed by atoms with Crippen molar-refractivity contribution < 1.29 is 47.9 Å². The van der Waals surface area contributed by atoms with Crippen LogP contribution in [0.25, 0.3) is 0 Å². The Morgan fingerprint density at radius 2 is 1.01 bits per heavy atom. The van der Waals surface area contributed by atoms with Gasteiger partial charge >= 0.3 is 0 Å². The zero-order valence-corrected chi connectivity index (χ0v) is 45.4. The van der Waals surface area contributed by atoms with Crippen molar-refractivity contribution in [3.63, 3.8) is 0 Å². The number of aliphatic hydroxyl groups excluding tert-OH is 1. The Morgan fingerprint density at radius 3 is 1.54 bits per heavy atom. The second-order valence-corrected chi connectivity index (χ2v) is 20.0. The van der Waals surface area contributed by atoms with Crippen LogP contribution in [0.4, 0.5) is 0 Å². The van der Waals surface area contributed by atoms with E-state index in [0.29, 0.717) is 31.6 Å². The second kappa shape index (κ2) is 34.7. The fourth-order valence-corrected chi connectivity index (χ4v) is 9.53. The number of pyridine rings is 1. The highest BCUT2D eigenvalue weighted by molar-refractivity contribution is 5.93. The van der Waals surface area contributed by atoms with Crippen LogP contribution in [-0.2, 0) is 71.0 Å². The van der Waals surface area contributed by atoms with E-state index in [2.05, 4.69) is 15.6 Å². The number of unbranched alkanes of at least 4 members (excludes halogenated alkanes) is 8. The van der Waals surface area contributed by atoms with Crippen LogP contribution in [0.15, 0.2) is 176 Å². The summed E-state index contributed by atoms with van der Waals surface area (Å²) in [6.45, 7) is 3.98. The van der Waals surface area contributed by atoms with Crippen molar-refractivity contribution in [1.29, 1.82) is 0 Å². The summed E-state index contributed by atoms with van der Waals surface area (Å²) in [5.41, 5.74) is 5.50. The van der Waals surface area contributed by atoms with Gasteiger partial charge in [0.25, 0.3) is 5.91 Å². The molecule has 13 nitrogen and oxygen atoms in total. The van der Waals surface area contributed by atoms with Crippen LogP contribution in [0.5, 0.6) is 0 Å². The molecule has 2 amide bonds. The van der Waals surface area contributed by atoms with E-state index in [9.17, 15) is 14.7 Å². The van der Waals surface area contributed by atoms with Crippen molar-refractivity contribution >= 4 is 11.8 Å². The number of nitrogens with one attached hydrogen (secondary N) is 2. The first-order valence-electron chi connectivity index (χ1n) is 28.1. The van der Waals surface area contributed by atoms with E-state index in [0.717, 1.165) is 85.6 Å². The molecule has 1 aliphatic rings. The molecule has 416 valence electrons. The molecular weight excluding hydrogens is 983 g/mol. The summed E-state index contributed by atoms with van der Waals surface area (Å²) >= 11 is 0. The van der Waals surface area contributed by atoms with E-state index in [1.54, 1.807) is 24.5 Å². The predicted octanol–water partition coefficient (Wildman–Crippen LogP) is 11.3. The maximum absolute atomic E-state index is 14.1. The molecule has 1 aromatic heterocycles. The average Bonchev–Trinajstić information content (AvgIpc) is 3.49. The molecule has 2 heterocycles. The standard InChI is InChI=1S/C65H81N3O10/c1-2-57(69)60(73-44-51-29-17-11-18-30-51)56(68-59(70)37-25-8-6-4-3-5-7-9-26-40-67-64(71)55-38-41-66-42-39-55)48-77-65-63(76-47-54-35-23-14-24-36-54)62(75-46-53-33-21-13-22-34-53)61(74-45-52-31-19-12-20-32-52)58(78-65)49-72-43-50-27-15-10-16-28-50/h10-24,27-36,38-39,41-42,56-58,60-63,65,69H,2-9,25-26,37,40,43-49H2,1H3,(H,67,71)(H,68,70)/t56-,57+,58?,60-,61-,62?,63?,65-/m0/s1. The number of benzene rings is 5. The molecule has 78 heavy (non-hydrogen) atoms. The zero-order valence-electron chi connectivity index (χ0n) is 45.4. The summed E-state index contributed by atoms with van der Waals surface area (Å²) in [5.74, 6) is -0.214. The molecular formula is C65H81N3O10. The fraction of sp³-hybridized carbons (Fsp3) is 0.431. The van der Waals surface area contributed by atoms with Gasteiger partial charge in [0.2, 0.25) is 5.91 Å². The van der Waals surface area contributed by atoms with Gasteiger partial charge in [-0.05, 0) is 59.2 Å². The molecule has 5 aromatic carbocycles. The summed E-state index contributed by atoms with van der Waals surface area (Å²) in [6.07, 6.45) is 7.39. The number of carbonyl (C=O) groups is 2. The van der Waals surface area contributed by atoms with Crippen LogP contribution < -0.4 is 10.6 Å². The highest BCUT2D eigenvalue weighted by Gasteiger charge is 2.49. The van der Waals surface area contributed by atoms with E-state index >= 15 is 0 Å². The van der Waals surface area contributed by atoms with Crippen molar-refractivity contribution in [2.45, 2.75) is 160 Å². The third-order valence-electron chi connectivity index (χ3n) is 13.9. The molecule has 0 saturated carbocycles. The summed E-state index contributed by atoms with van der Waals surface area (Å²) < 4.78 is 47.7. The molecule has 0 bridgehead atoms. The fourth-order valence-electron chi connectivity index (χ4n) is 9.53. The van der Waals surface area contributed by atoms with Crippen LogP contribution in [0.1, 0.15) is 116 Å². The highest BCUT2D eigenvalue weighted by atomic mass is 16.7. The number of hydrogen-bond acceptors (Lipinski definition) is 11.